The zero-order valence-corrected chi connectivity index (χ0v) is 7.10. The molecular formula is C6H12ClF2NO2. The van der Waals surface area contributed by atoms with E-state index in [-0.39, 0.29) is 25.5 Å². The fourth-order valence-corrected chi connectivity index (χ4v) is 1.16. The van der Waals surface area contributed by atoms with Gasteiger partial charge in [0.05, 0.1) is 18.1 Å². The van der Waals surface area contributed by atoms with Crippen LogP contribution in [0.25, 0.3) is 0 Å². The first-order chi connectivity index (χ1) is 5.13. The number of halogens is 3. The molecule has 0 aromatic rings. The standard InChI is InChI=1S/C6H11F2NO2.ClH/c7-6(8)3-1-9-2-4(10)5(3)11;/h3-6,9-11H,1-2H2;1H/t3-,4+,5+;/m0./s1. The van der Waals surface area contributed by atoms with Crippen molar-refractivity contribution in [1.82, 2.24) is 5.32 Å². The van der Waals surface area contributed by atoms with Crippen molar-refractivity contribution in [2.45, 2.75) is 18.6 Å². The molecular weight excluding hydrogens is 192 g/mol. The second kappa shape index (κ2) is 4.91. The second-order valence-corrected chi connectivity index (χ2v) is 2.71. The summed E-state index contributed by atoms with van der Waals surface area (Å²) in [5, 5.41) is 20.6. The highest BCUT2D eigenvalue weighted by Crippen LogP contribution is 2.18. The van der Waals surface area contributed by atoms with E-state index in [1.54, 1.807) is 0 Å². The molecule has 1 heterocycles. The van der Waals surface area contributed by atoms with Gasteiger partial charge in [0.15, 0.2) is 0 Å². The monoisotopic (exact) mass is 203 g/mol. The molecule has 3 atom stereocenters. The average molecular weight is 204 g/mol. The molecule has 3 nitrogen and oxygen atoms in total. The number of hydrogen-bond donors (Lipinski definition) is 3. The lowest BCUT2D eigenvalue weighted by Crippen LogP contribution is -2.52. The molecule has 0 aromatic heterocycles. The number of piperidine rings is 1. The number of aliphatic hydroxyl groups excluding tert-OH is 2. The summed E-state index contributed by atoms with van der Waals surface area (Å²) in [7, 11) is 0. The van der Waals surface area contributed by atoms with Gasteiger partial charge in [0.2, 0.25) is 6.43 Å². The van der Waals surface area contributed by atoms with Crippen LogP contribution in [0, 0.1) is 5.92 Å². The van der Waals surface area contributed by atoms with Gasteiger partial charge in [0, 0.05) is 13.1 Å². The number of nitrogens with one attached hydrogen (secondary N) is 1. The molecule has 0 saturated carbocycles. The quantitative estimate of drug-likeness (QED) is 0.544. The number of aliphatic hydroxyl groups is 2. The number of alkyl halides is 2. The normalized spacial score (nSPS) is 36.2. The predicted molar refractivity (Wildman–Crippen MR) is 41.6 cm³/mol. The highest BCUT2D eigenvalue weighted by Gasteiger charge is 2.36. The van der Waals surface area contributed by atoms with Crippen LogP contribution in [-0.2, 0) is 0 Å². The van der Waals surface area contributed by atoms with Crippen molar-refractivity contribution >= 4 is 12.4 Å². The third kappa shape index (κ3) is 2.52. The van der Waals surface area contributed by atoms with Crippen LogP contribution in [0.1, 0.15) is 0 Å². The second-order valence-electron chi connectivity index (χ2n) is 2.71. The van der Waals surface area contributed by atoms with E-state index >= 15 is 0 Å². The fraction of sp³-hybridized carbons (Fsp3) is 1.00. The maximum absolute atomic E-state index is 12.0. The van der Waals surface area contributed by atoms with Gasteiger partial charge in [-0.1, -0.05) is 0 Å². The molecule has 0 bridgehead atoms. The first-order valence-electron chi connectivity index (χ1n) is 3.48. The van der Waals surface area contributed by atoms with Crippen LogP contribution in [0.15, 0.2) is 0 Å². The summed E-state index contributed by atoms with van der Waals surface area (Å²) in [5.74, 6) is -1.14. The number of rotatable bonds is 1. The van der Waals surface area contributed by atoms with Crippen LogP contribution in [0.5, 0.6) is 0 Å². The van der Waals surface area contributed by atoms with Gasteiger partial charge < -0.3 is 15.5 Å². The Hall–Kier alpha value is 0.0300. The predicted octanol–water partition coefficient (Wildman–Crippen LogP) is -0.386. The summed E-state index contributed by atoms with van der Waals surface area (Å²) in [6.07, 6.45) is -4.94. The van der Waals surface area contributed by atoms with Crippen LogP contribution in [0.3, 0.4) is 0 Å². The van der Waals surface area contributed by atoms with Crippen molar-refractivity contribution in [2.24, 2.45) is 5.92 Å². The lowest BCUT2D eigenvalue weighted by atomic mass is 9.94. The molecule has 6 heteroatoms. The minimum atomic E-state index is -2.58. The number of hydrogen-bond acceptors (Lipinski definition) is 3. The van der Waals surface area contributed by atoms with Gasteiger partial charge in [0.1, 0.15) is 0 Å². The third-order valence-electron chi connectivity index (χ3n) is 1.89. The zero-order valence-electron chi connectivity index (χ0n) is 6.28. The molecule has 1 rings (SSSR count). The third-order valence-corrected chi connectivity index (χ3v) is 1.89. The molecule has 0 unspecified atom stereocenters. The number of β-amino-alcohol motifs (C(OH)–C–C–N with tert-alkyl or cyclic N) is 1. The molecule has 0 amide bonds. The SMILES string of the molecule is Cl.O[C@H]1[C@H](O)CNC[C@@H]1C(F)F. The molecule has 12 heavy (non-hydrogen) atoms. The highest BCUT2D eigenvalue weighted by molar-refractivity contribution is 5.85. The topological polar surface area (TPSA) is 52.5 Å². The van der Waals surface area contributed by atoms with Crippen molar-refractivity contribution in [3.05, 3.63) is 0 Å². The zero-order chi connectivity index (χ0) is 8.43. The van der Waals surface area contributed by atoms with E-state index in [9.17, 15) is 8.78 Å². The van der Waals surface area contributed by atoms with E-state index in [0.717, 1.165) is 0 Å². The largest absolute Gasteiger partial charge is 0.390 e. The van der Waals surface area contributed by atoms with Gasteiger partial charge in [-0.3, -0.25) is 0 Å². The lowest BCUT2D eigenvalue weighted by molar-refractivity contribution is -0.0841. The Balaban J connectivity index is 0.00000121. The van der Waals surface area contributed by atoms with Crippen LogP contribution in [0.2, 0.25) is 0 Å². The summed E-state index contributed by atoms with van der Waals surface area (Å²) in [4.78, 5) is 0. The Morgan fingerprint density at radius 3 is 2.25 bits per heavy atom. The van der Waals surface area contributed by atoms with Crippen LogP contribution in [0.4, 0.5) is 8.78 Å². The fourth-order valence-electron chi connectivity index (χ4n) is 1.16. The smallest absolute Gasteiger partial charge is 0.245 e. The average Bonchev–Trinajstić information content (AvgIpc) is 1.94. The molecule has 1 saturated heterocycles. The molecule has 0 aliphatic carbocycles. The molecule has 74 valence electrons. The molecule has 1 aliphatic heterocycles. The van der Waals surface area contributed by atoms with Gasteiger partial charge in [-0.25, -0.2) is 8.78 Å². The van der Waals surface area contributed by atoms with E-state index in [1.807, 2.05) is 0 Å². The van der Waals surface area contributed by atoms with Gasteiger partial charge in [-0.15, -0.1) is 12.4 Å². The van der Waals surface area contributed by atoms with E-state index in [2.05, 4.69) is 5.32 Å². The molecule has 1 fully saturated rings. The molecule has 3 N–H and O–H groups in total. The first-order valence-corrected chi connectivity index (χ1v) is 3.48. The summed E-state index contributed by atoms with van der Waals surface area (Å²) in [6, 6.07) is 0. The van der Waals surface area contributed by atoms with Crippen molar-refractivity contribution in [2.75, 3.05) is 13.1 Å². The minimum Gasteiger partial charge on any atom is -0.390 e. The van der Waals surface area contributed by atoms with E-state index in [0.29, 0.717) is 0 Å². The maximum atomic E-state index is 12.0. The van der Waals surface area contributed by atoms with Crippen LogP contribution in [-0.4, -0.2) is 41.9 Å². The van der Waals surface area contributed by atoms with E-state index in [1.165, 1.54) is 0 Å². The van der Waals surface area contributed by atoms with E-state index in [4.69, 9.17) is 10.2 Å². The lowest BCUT2D eigenvalue weighted by Gasteiger charge is -2.31. The molecule has 0 aromatic carbocycles. The Morgan fingerprint density at radius 1 is 1.25 bits per heavy atom. The van der Waals surface area contributed by atoms with Gasteiger partial charge >= 0.3 is 0 Å². The Bertz CT molecular complexity index is 139. The van der Waals surface area contributed by atoms with Crippen LogP contribution >= 0.6 is 12.4 Å². The Morgan fingerprint density at radius 2 is 1.83 bits per heavy atom. The Labute approximate surface area is 75.2 Å². The van der Waals surface area contributed by atoms with Crippen molar-refractivity contribution < 1.29 is 19.0 Å². The summed E-state index contributed by atoms with van der Waals surface area (Å²) in [5.41, 5.74) is 0. The van der Waals surface area contributed by atoms with Crippen molar-refractivity contribution in [3.63, 3.8) is 0 Å². The summed E-state index contributed by atoms with van der Waals surface area (Å²) < 4.78 is 24.1. The van der Waals surface area contributed by atoms with Gasteiger partial charge in [0.25, 0.3) is 0 Å². The molecule has 0 spiro atoms. The van der Waals surface area contributed by atoms with Crippen molar-refractivity contribution in [1.29, 1.82) is 0 Å². The maximum Gasteiger partial charge on any atom is 0.245 e. The highest BCUT2D eigenvalue weighted by atomic mass is 35.5. The summed E-state index contributed by atoms with van der Waals surface area (Å²) >= 11 is 0. The van der Waals surface area contributed by atoms with Gasteiger partial charge in [-0.05, 0) is 0 Å². The minimum absolute atomic E-state index is 0. The van der Waals surface area contributed by atoms with Crippen LogP contribution < -0.4 is 5.32 Å². The van der Waals surface area contributed by atoms with E-state index < -0.39 is 24.6 Å². The van der Waals surface area contributed by atoms with Gasteiger partial charge in [-0.2, -0.15) is 0 Å². The van der Waals surface area contributed by atoms with Crippen molar-refractivity contribution in [3.8, 4) is 0 Å². The first kappa shape index (κ1) is 12.0. The summed E-state index contributed by atoms with van der Waals surface area (Å²) in [6.45, 7) is 0.250. The Kier molecular flexibility index (Phi) is 4.92. The molecule has 1 aliphatic rings. The molecule has 0 radical (unpaired) electrons.